The Kier molecular flexibility index (Phi) is 5.06. The number of hydrogen-bond acceptors (Lipinski definition) is 4. The van der Waals surface area contributed by atoms with Crippen LogP contribution in [0.5, 0.6) is 0 Å². The Bertz CT molecular complexity index is 440. The summed E-state index contributed by atoms with van der Waals surface area (Å²) in [6, 6.07) is 7.09. The smallest absolute Gasteiger partial charge is 0.146 e. The quantitative estimate of drug-likeness (QED) is 0.888. The topological polar surface area (TPSA) is 21.8 Å². The first kappa shape index (κ1) is 14.8. The highest BCUT2D eigenvalue weighted by Crippen LogP contribution is 2.19. The maximum Gasteiger partial charge on any atom is 0.146 e. The average Bonchev–Trinajstić information content (AvgIpc) is 2.55. The standard InChI is InChI=1S/C16H25FN4/c17-15-3-1-2-4-16(15)21-13-11-20(12-14-21)10-9-19-7-5-18-6-8-19/h1-4,18H,5-14H2. The molecule has 2 saturated heterocycles. The fraction of sp³-hybridized carbons (Fsp3) is 0.625. The fourth-order valence-corrected chi connectivity index (χ4v) is 3.14. The van der Waals surface area contributed by atoms with E-state index in [0.29, 0.717) is 0 Å². The molecule has 0 aliphatic carbocycles. The van der Waals surface area contributed by atoms with Gasteiger partial charge in [-0.25, -0.2) is 4.39 Å². The number of nitrogens with zero attached hydrogens (tertiary/aromatic N) is 3. The maximum atomic E-state index is 13.8. The van der Waals surface area contributed by atoms with Crippen molar-refractivity contribution in [3.05, 3.63) is 30.1 Å². The lowest BCUT2D eigenvalue weighted by molar-refractivity contribution is 0.183. The Labute approximate surface area is 126 Å². The van der Waals surface area contributed by atoms with Crippen LogP contribution in [0.15, 0.2) is 24.3 Å². The van der Waals surface area contributed by atoms with E-state index < -0.39 is 0 Å². The van der Waals surface area contributed by atoms with E-state index >= 15 is 0 Å². The van der Waals surface area contributed by atoms with Crippen LogP contribution in [0.1, 0.15) is 0 Å². The minimum Gasteiger partial charge on any atom is -0.367 e. The normalized spacial score (nSPS) is 21.7. The van der Waals surface area contributed by atoms with Crippen LogP contribution in [-0.2, 0) is 0 Å². The first-order valence-electron chi connectivity index (χ1n) is 7.98. The van der Waals surface area contributed by atoms with Crippen molar-refractivity contribution >= 4 is 5.69 Å². The Morgan fingerprint density at radius 3 is 2.14 bits per heavy atom. The molecule has 3 rings (SSSR count). The van der Waals surface area contributed by atoms with Crippen LogP contribution < -0.4 is 10.2 Å². The second kappa shape index (κ2) is 7.20. The number of hydrogen-bond donors (Lipinski definition) is 1. The molecule has 0 radical (unpaired) electrons. The van der Waals surface area contributed by atoms with E-state index in [4.69, 9.17) is 0 Å². The van der Waals surface area contributed by atoms with Crippen molar-refractivity contribution in [1.82, 2.24) is 15.1 Å². The molecule has 116 valence electrons. The van der Waals surface area contributed by atoms with Gasteiger partial charge in [0.15, 0.2) is 0 Å². The zero-order valence-electron chi connectivity index (χ0n) is 12.6. The molecule has 2 fully saturated rings. The van der Waals surface area contributed by atoms with Gasteiger partial charge in [-0.05, 0) is 12.1 Å². The van der Waals surface area contributed by atoms with Crippen LogP contribution >= 0.6 is 0 Å². The van der Waals surface area contributed by atoms with E-state index in [1.165, 1.54) is 0 Å². The number of halogens is 1. The molecule has 0 saturated carbocycles. The Hall–Kier alpha value is -1.17. The molecule has 1 aromatic carbocycles. The Morgan fingerprint density at radius 2 is 1.48 bits per heavy atom. The number of nitrogens with one attached hydrogen (secondary N) is 1. The lowest BCUT2D eigenvalue weighted by atomic mass is 10.2. The predicted molar refractivity (Wildman–Crippen MR) is 84.4 cm³/mol. The summed E-state index contributed by atoms with van der Waals surface area (Å²) in [5, 5.41) is 3.38. The average molecular weight is 292 g/mol. The molecule has 0 bridgehead atoms. The molecule has 21 heavy (non-hydrogen) atoms. The molecule has 0 atom stereocenters. The molecule has 4 nitrogen and oxygen atoms in total. The summed E-state index contributed by atoms with van der Waals surface area (Å²) in [4.78, 5) is 7.19. The minimum atomic E-state index is -0.105. The highest BCUT2D eigenvalue weighted by Gasteiger charge is 2.19. The SMILES string of the molecule is Fc1ccccc1N1CCN(CCN2CCNCC2)CC1. The minimum absolute atomic E-state index is 0.105. The van der Waals surface area contributed by atoms with Gasteiger partial charge in [0.1, 0.15) is 5.82 Å². The van der Waals surface area contributed by atoms with Crippen LogP contribution in [0.4, 0.5) is 10.1 Å². The number of rotatable bonds is 4. The summed E-state index contributed by atoms with van der Waals surface area (Å²) >= 11 is 0. The fourth-order valence-electron chi connectivity index (χ4n) is 3.14. The molecule has 5 heteroatoms. The highest BCUT2D eigenvalue weighted by molar-refractivity contribution is 5.47. The molecule has 2 aliphatic heterocycles. The van der Waals surface area contributed by atoms with E-state index in [9.17, 15) is 4.39 Å². The third-order valence-electron chi connectivity index (χ3n) is 4.51. The van der Waals surface area contributed by atoms with Crippen LogP contribution in [-0.4, -0.2) is 75.2 Å². The van der Waals surface area contributed by atoms with Crippen molar-refractivity contribution in [2.24, 2.45) is 0 Å². The van der Waals surface area contributed by atoms with Crippen molar-refractivity contribution < 1.29 is 4.39 Å². The van der Waals surface area contributed by atoms with Gasteiger partial charge in [-0.2, -0.15) is 0 Å². The monoisotopic (exact) mass is 292 g/mol. The van der Waals surface area contributed by atoms with E-state index in [1.54, 1.807) is 12.1 Å². The zero-order chi connectivity index (χ0) is 14.5. The third-order valence-corrected chi connectivity index (χ3v) is 4.51. The summed E-state index contributed by atoms with van der Waals surface area (Å²) in [5.74, 6) is -0.105. The predicted octanol–water partition coefficient (Wildman–Crippen LogP) is 0.853. The number of piperazine rings is 2. The van der Waals surface area contributed by atoms with E-state index in [-0.39, 0.29) is 5.82 Å². The second-order valence-electron chi connectivity index (χ2n) is 5.87. The molecule has 1 N–H and O–H groups in total. The summed E-state index contributed by atoms with van der Waals surface area (Å²) in [6.07, 6.45) is 0. The summed E-state index contributed by atoms with van der Waals surface area (Å²) < 4.78 is 13.8. The van der Waals surface area contributed by atoms with Gasteiger partial charge in [-0.3, -0.25) is 9.80 Å². The van der Waals surface area contributed by atoms with Gasteiger partial charge in [-0.15, -0.1) is 0 Å². The van der Waals surface area contributed by atoms with Crippen LogP contribution in [0.3, 0.4) is 0 Å². The van der Waals surface area contributed by atoms with Gasteiger partial charge in [0.25, 0.3) is 0 Å². The van der Waals surface area contributed by atoms with Gasteiger partial charge >= 0.3 is 0 Å². The van der Waals surface area contributed by atoms with Gasteiger partial charge < -0.3 is 10.2 Å². The number of benzene rings is 1. The number of anilines is 1. The van der Waals surface area contributed by atoms with Crippen LogP contribution in [0.25, 0.3) is 0 Å². The molecular formula is C16H25FN4. The van der Waals surface area contributed by atoms with Gasteiger partial charge in [0, 0.05) is 65.4 Å². The van der Waals surface area contributed by atoms with Gasteiger partial charge in [0.05, 0.1) is 5.69 Å². The molecule has 0 amide bonds. The largest absolute Gasteiger partial charge is 0.367 e. The van der Waals surface area contributed by atoms with E-state index in [1.807, 2.05) is 12.1 Å². The third kappa shape index (κ3) is 3.93. The van der Waals surface area contributed by atoms with Crippen molar-refractivity contribution in [3.63, 3.8) is 0 Å². The summed E-state index contributed by atoms with van der Waals surface area (Å²) in [6.45, 7) is 10.7. The van der Waals surface area contributed by atoms with Gasteiger partial charge in [0.2, 0.25) is 0 Å². The molecular weight excluding hydrogens is 267 g/mol. The lowest BCUT2D eigenvalue weighted by Crippen LogP contribution is -2.50. The van der Waals surface area contributed by atoms with Gasteiger partial charge in [-0.1, -0.05) is 12.1 Å². The van der Waals surface area contributed by atoms with E-state index in [0.717, 1.165) is 71.1 Å². The van der Waals surface area contributed by atoms with E-state index in [2.05, 4.69) is 20.0 Å². The number of para-hydroxylation sites is 1. The molecule has 1 aromatic rings. The zero-order valence-corrected chi connectivity index (χ0v) is 12.6. The van der Waals surface area contributed by atoms with Crippen molar-refractivity contribution in [2.75, 3.05) is 70.3 Å². The molecule has 0 aromatic heterocycles. The van der Waals surface area contributed by atoms with Crippen molar-refractivity contribution in [2.45, 2.75) is 0 Å². The molecule has 2 aliphatic rings. The van der Waals surface area contributed by atoms with Crippen molar-refractivity contribution in [1.29, 1.82) is 0 Å². The maximum absolute atomic E-state index is 13.8. The molecule has 2 heterocycles. The second-order valence-corrected chi connectivity index (χ2v) is 5.87. The lowest BCUT2D eigenvalue weighted by Gasteiger charge is -2.37. The first-order chi connectivity index (χ1) is 10.3. The van der Waals surface area contributed by atoms with Crippen molar-refractivity contribution in [3.8, 4) is 0 Å². The van der Waals surface area contributed by atoms with Crippen LogP contribution in [0.2, 0.25) is 0 Å². The summed E-state index contributed by atoms with van der Waals surface area (Å²) in [7, 11) is 0. The van der Waals surface area contributed by atoms with Crippen LogP contribution in [0, 0.1) is 5.82 Å². The first-order valence-corrected chi connectivity index (χ1v) is 7.98. The Balaban J connectivity index is 1.43. The highest BCUT2D eigenvalue weighted by atomic mass is 19.1. The molecule has 0 spiro atoms. The Morgan fingerprint density at radius 1 is 0.857 bits per heavy atom. The summed E-state index contributed by atoms with van der Waals surface area (Å²) in [5.41, 5.74) is 0.749. The molecule has 0 unspecified atom stereocenters.